The van der Waals surface area contributed by atoms with Crippen molar-refractivity contribution >= 4 is 5.69 Å². The number of nitrogens with one attached hydrogen (secondary N) is 3. The Bertz CT molecular complexity index is 554. The zero-order valence-electron chi connectivity index (χ0n) is 14.3. The van der Waals surface area contributed by atoms with Crippen molar-refractivity contribution in [3.8, 4) is 0 Å². The molecule has 3 unspecified atom stereocenters. The molecule has 3 N–H and O–H groups in total. The molecule has 3 atom stereocenters. The molecule has 5 heteroatoms. The van der Waals surface area contributed by atoms with Gasteiger partial charge in [0.1, 0.15) is 6.17 Å². The molecular formula is C18H29N5. The van der Waals surface area contributed by atoms with E-state index in [2.05, 4.69) is 58.0 Å². The van der Waals surface area contributed by atoms with Gasteiger partial charge in [-0.05, 0) is 51.4 Å². The van der Waals surface area contributed by atoms with Crippen molar-refractivity contribution in [2.45, 2.75) is 45.4 Å². The average molecular weight is 315 g/mol. The summed E-state index contributed by atoms with van der Waals surface area (Å²) in [5.41, 5.74) is 7.62. The Balaban J connectivity index is 1.54. The average Bonchev–Trinajstić information content (AvgIpc) is 2.99. The minimum atomic E-state index is 0.365. The van der Waals surface area contributed by atoms with Crippen LogP contribution in [0.15, 0.2) is 18.2 Å². The molecule has 126 valence electrons. The van der Waals surface area contributed by atoms with E-state index in [1.54, 1.807) is 0 Å². The van der Waals surface area contributed by atoms with Crippen LogP contribution in [0.25, 0.3) is 0 Å². The Morgan fingerprint density at radius 2 is 1.78 bits per heavy atom. The Morgan fingerprint density at radius 3 is 2.57 bits per heavy atom. The van der Waals surface area contributed by atoms with Gasteiger partial charge in [0.05, 0.1) is 11.9 Å². The number of hydrogen-bond acceptors (Lipinski definition) is 5. The smallest absolute Gasteiger partial charge is 0.103 e. The third kappa shape index (κ3) is 2.87. The summed E-state index contributed by atoms with van der Waals surface area (Å²) < 4.78 is 0. The van der Waals surface area contributed by atoms with E-state index >= 15 is 0 Å². The van der Waals surface area contributed by atoms with E-state index < -0.39 is 0 Å². The molecular weight excluding hydrogens is 286 g/mol. The topological polar surface area (TPSA) is 42.6 Å². The highest BCUT2D eigenvalue weighted by atomic mass is 15.6. The number of nitrogens with zero attached hydrogens (tertiary/aromatic N) is 2. The molecule has 3 aliphatic heterocycles. The molecule has 0 saturated carbocycles. The lowest BCUT2D eigenvalue weighted by molar-refractivity contribution is 0.0619. The summed E-state index contributed by atoms with van der Waals surface area (Å²) in [4.78, 5) is 2.66. The largest absolute Gasteiger partial charge is 0.290 e. The van der Waals surface area contributed by atoms with Crippen LogP contribution in [0, 0.1) is 19.8 Å². The maximum Gasteiger partial charge on any atom is 0.103 e. The predicted octanol–water partition coefficient (Wildman–Crippen LogP) is 1.53. The number of hydrazine groups is 1. The Kier molecular flexibility index (Phi) is 4.28. The van der Waals surface area contributed by atoms with E-state index in [0.717, 1.165) is 13.2 Å². The third-order valence-electron chi connectivity index (χ3n) is 5.60. The molecule has 3 aliphatic rings. The van der Waals surface area contributed by atoms with Crippen molar-refractivity contribution in [1.29, 1.82) is 0 Å². The number of anilines is 1. The molecule has 23 heavy (non-hydrogen) atoms. The highest BCUT2D eigenvalue weighted by Gasteiger charge is 2.44. The molecule has 0 bridgehead atoms. The standard InChI is InChI=1S/C18H29N5/c1-13-6-7-16(14(2)10-13)23-18-15(11-21-23)17(19-12-20-18)22-8-4-3-5-9-22/h6-7,10,15,17-21H,3-5,8-9,11-12H2,1-2H3. The van der Waals surface area contributed by atoms with Crippen molar-refractivity contribution in [1.82, 2.24) is 21.0 Å². The maximum atomic E-state index is 3.70. The Morgan fingerprint density at radius 1 is 1.00 bits per heavy atom. The predicted molar refractivity (Wildman–Crippen MR) is 94.0 cm³/mol. The second kappa shape index (κ2) is 6.40. The highest BCUT2D eigenvalue weighted by molar-refractivity contribution is 5.55. The first-order valence-corrected chi connectivity index (χ1v) is 9.05. The molecule has 5 nitrogen and oxygen atoms in total. The fourth-order valence-electron chi connectivity index (χ4n) is 4.46. The molecule has 3 fully saturated rings. The summed E-state index contributed by atoms with van der Waals surface area (Å²) in [5, 5.41) is 9.73. The molecule has 0 radical (unpaired) electrons. The van der Waals surface area contributed by atoms with Gasteiger partial charge in [-0.25, -0.2) is 5.43 Å². The molecule has 0 aliphatic carbocycles. The summed E-state index contributed by atoms with van der Waals surface area (Å²) in [6.45, 7) is 8.76. The van der Waals surface area contributed by atoms with Gasteiger partial charge in [0.25, 0.3) is 0 Å². The fourth-order valence-corrected chi connectivity index (χ4v) is 4.46. The first-order valence-electron chi connectivity index (χ1n) is 9.05. The van der Waals surface area contributed by atoms with Gasteiger partial charge in [0.2, 0.25) is 0 Å². The Labute approximate surface area is 139 Å². The van der Waals surface area contributed by atoms with Crippen molar-refractivity contribution in [3.05, 3.63) is 29.3 Å². The lowest BCUT2D eigenvalue weighted by atomic mass is 9.98. The van der Waals surface area contributed by atoms with E-state index in [0.29, 0.717) is 18.2 Å². The molecule has 3 heterocycles. The lowest BCUT2D eigenvalue weighted by Crippen LogP contribution is -2.65. The van der Waals surface area contributed by atoms with Gasteiger partial charge in [0, 0.05) is 19.1 Å². The fraction of sp³-hybridized carbons (Fsp3) is 0.667. The van der Waals surface area contributed by atoms with E-state index in [9.17, 15) is 0 Å². The van der Waals surface area contributed by atoms with Crippen molar-refractivity contribution < 1.29 is 0 Å². The summed E-state index contributed by atoms with van der Waals surface area (Å²) in [6, 6.07) is 6.73. The van der Waals surface area contributed by atoms with E-state index in [4.69, 9.17) is 0 Å². The Hall–Kier alpha value is -1.14. The molecule has 1 aromatic carbocycles. The third-order valence-corrected chi connectivity index (χ3v) is 5.60. The number of fused-ring (bicyclic) bond motifs is 1. The maximum absolute atomic E-state index is 3.70. The number of hydrogen-bond donors (Lipinski definition) is 3. The number of benzene rings is 1. The lowest BCUT2D eigenvalue weighted by Gasteiger charge is -2.44. The number of rotatable bonds is 2. The van der Waals surface area contributed by atoms with Crippen LogP contribution in [0.2, 0.25) is 0 Å². The summed E-state index contributed by atoms with van der Waals surface area (Å²) >= 11 is 0. The second-order valence-corrected chi connectivity index (χ2v) is 7.26. The van der Waals surface area contributed by atoms with Crippen LogP contribution in [0.1, 0.15) is 30.4 Å². The van der Waals surface area contributed by atoms with Gasteiger partial charge >= 0.3 is 0 Å². The number of likely N-dealkylation sites (tertiary alicyclic amines) is 1. The van der Waals surface area contributed by atoms with E-state index in [-0.39, 0.29) is 0 Å². The van der Waals surface area contributed by atoms with Crippen molar-refractivity contribution in [2.24, 2.45) is 5.92 Å². The minimum Gasteiger partial charge on any atom is -0.290 e. The number of aryl methyl sites for hydroxylation is 2. The normalized spacial score (nSPS) is 32.1. The quantitative estimate of drug-likeness (QED) is 0.772. The monoisotopic (exact) mass is 315 g/mol. The van der Waals surface area contributed by atoms with Crippen LogP contribution in [-0.2, 0) is 0 Å². The van der Waals surface area contributed by atoms with Gasteiger partial charge in [-0.3, -0.25) is 20.5 Å². The van der Waals surface area contributed by atoms with Crippen LogP contribution >= 0.6 is 0 Å². The molecule has 1 aromatic rings. The van der Waals surface area contributed by atoms with E-state index in [1.165, 1.54) is 49.2 Å². The first kappa shape index (κ1) is 15.4. The molecule has 0 amide bonds. The SMILES string of the molecule is Cc1ccc(N2NCC3C(N4CCCCC4)NCNC32)c(C)c1. The van der Waals surface area contributed by atoms with Gasteiger partial charge in [-0.2, -0.15) is 0 Å². The molecule has 3 saturated heterocycles. The van der Waals surface area contributed by atoms with Crippen LogP contribution in [-0.4, -0.2) is 43.5 Å². The summed E-state index contributed by atoms with van der Waals surface area (Å²) in [5.74, 6) is 0.572. The van der Waals surface area contributed by atoms with Crippen LogP contribution in [0.4, 0.5) is 5.69 Å². The van der Waals surface area contributed by atoms with E-state index in [1.807, 2.05) is 0 Å². The van der Waals surface area contributed by atoms with Gasteiger partial charge in [-0.15, -0.1) is 0 Å². The van der Waals surface area contributed by atoms with Gasteiger partial charge in [-0.1, -0.05) is 24.1 Å². The van der Waals surface area contributed by atoms with Gasteiger partial charge in [0.15, 0.2) is 0 Å². The number of piperidine rings is 1. The van der Waals surface area contributed by atoms with Crippen LogP contribution in [0.3, 0.4) is 0 Å². The zero-order valence-corrected chi connectivity index (χ0v) is 14.3. The van der Waals surface area contributed by atoms with Crippen molar-refractivity contribution in [2.75, 3.05) is 31.3 Å². The molecule has 0 aromatic heterocycles. The molecule has 4 rings (SSSR count). The second-order valence-electron chi connectivity index (χ2n) is 7.26. The summed E-state index contributed by atoms with van der Waals surface area (Å²) in [7, 11) is 0. The highest BCUT2D eigenvalue weighted by Crippen LogP contribution is 2.30. The molecule has 0 spiro atoms. The zero-order chi connectivity index (χ0) is 15.8. The minimum absolute atomic E-state index is 0.365. The first-order chi connectivity index (χ1) is 11.2. The summed E-state index contributed by atoms with van der Waals surface area (Å²) in [6.07, 6.45) is 4.94. The van der Waals surface area contributed by atoms with Gasteiger partial charge < -0.3 is 0 Å². The van der Waals surface area contributed by atoms with Crippen LogP contribution < -0.4 is 21.1 Å². The van der Waals surface area contributed by atoms with Crippen molar-refractivity contribution in [3.63, 3.8) is 0 Å². The van der Waals surface area contributed by atoms with Crippen LogP contribution in [0.5, 0.6) is 0 Å².